The summed E-state index contributed by atoms with van der Waals surface area (Å²) in [4.78, 5) is 0.238. The first-order valence-electron chi connectivity index (χ1n) is 10.2. The lowest BCUT2D eigenvalue weighted by Crippen LogP contribution is -2.35. The third kappa shape index (κ3) is 4.49. The van der Waals surface area contributed by atoms with Crippen molar-refractivity contribution in [2.24, 2.45) is 0 Å². The van der Waals surface area contributed by atoms with Gasteiger partial charge in [-0.3, -0.25) is 9.03 Å². The van der Waals surface area contributed by atoms with Crippen molar-refractivity contribution in [3.05, 3.63) is 72.3 Å². The Morgan fingerprint density at radius 2 is 1.55 bits per heavy atom. The summed E-state index contributed by atoms with van der Waals surface area (Å²) >= 11 is 0. The minimum Gasteiger partial charge on any atom is -0.493 e. The van der Waals surface area contributed by atoms with Gasteiger partial charge in [0.15, 0.2) is 11.5 Å². The van der Waals surface area contributed by atoms with Crippen molar-refractivity contribution in [2.75, 3.05) is 29.8 Å². The van der Waals surface area contributed by atoms with Gasteiger partial charge in [-0.1, -0.05) is 18.2 Å². The third-order valence-electron chi connectivity index (χ3n) is 5.40. The molecule has 0 aliphatic carbocycles. The summed E-state index contributed by atoms with van der Waals surface area (Å²) in [5.74, 6) is 0.720. The molecule has 0 bridgehead atoms. The molecule has 10 heteroatoms. The molecule has 0 saturated heterocycles. The molecular formula is C23H24N2O6S2. The maximum Gasteiger partial charge on any atom is 0.264 e. The fourth-order valence-corrected chi connectivity index (χ4v) is 6.42. The molecule has 8 nitrogen and oxygen atoms in total. The van der Waals surface area contributed by atoms with E-state index in [1.807, 2.05) is 0 Å². The summed E-state index contributed by atoms with van der Waals surface area (Å²) in [5.41, 5.74) is 1.66. The second kappa shape index (κ2) is 8.95. The van der Waals surface area contributed by atoms with Crippen molar-refractivity contribution in [3.8, 4) is 11.5 Å². The van der Waals surface area contributed by atoms with Crippen LogP contribution in [0.15, 0.2) is 76.5 Å². The van der Waals surface area contributed by atoms with E-state index in [0.717, 1.165) is 5.56 Å². The molecule has 0 fully saturated rings. The average Bonchev–Trinajstić information content (AvgIpc) is 2.83. The smallest absolute Gasteiger partial charge is 0.264 e. The Balaban J connectivity index is 1.64. The van der Waals surface area contributed by atoms with Crippen molar-refractivity contribution >= 4 is 31.4 Å². The van der Waals surface area contributed by atoms with Gasteiger partial charge in [-0.05, 0) is 60.9 Å². The Labute approximate surface area is 193 Å². The zero-order valence-electron chi connectivity index (χ0n) is 18.2. The van der Waals surface area contributed by atoms with E-state index in [4.69, 9.17) is 9.47 Å². The number of methoxy groups -OCH3 is 2. The van der Waals surface area contributed by atoms with Crippen molar-refractivity contribution < 1.29 is 26.3 Å². The number of fused-ring (bicyclic) bond motifs is 1. The van der Waals surface area contributed by atoms with E-state index in [1.165, 1.54) is 36.7 Å². The lowest BCUT2D eigenvalue weighted by Gasteiger charge is -2.31. The van der Waals surface area contributed by atoms with Gasteiger partial charge in [0, 0.05) is 18.3 Å². The maximum atomic E-state index is 13.2. The number of anilines is 2. The minimum absolute atomic E-state index is 0.0196. The molecule has 174 valence electrons. The van der Waals surface area contributed by atoms with Gasteiger partial charge < -0.3 is 9.47 Å². The van der Waals surface area contributed by atoms with E-state index < -0.39 is 20.0 Å². The Bertz CT molecular complexity index is 1370. The standard InChI is InChI=1S/C23H24N2O6S2/c1-30-22-13-11-20(16-23(22)31-2)32(26,27)24-18-10-12-21-17(15-18)7-6-14-25(21)33(28,29)19-8-4-3-5-9-19/h3-5,8-13,15-16,24H,6-7,14H2,1-2H3. The normalized spacial score (nSPS) is 13.8. The van der Waals surface area contributed by atoms with E-state index in [2.05, 4.69) is 4.72 Å². The van der Waals surface area contributed by atoms with Gasteiger partial charge in [0.1, 0.15) is 0 Å². The number of aryl methyl sites for hydroxylation is 1. The third-order valence-corrected chi connectivity index (χ3v) is 8.61. The van der Waals surface area contributed by atoms with Crippen LogP contribution >= 0.6 is 0 Å². The van der Waals surface area contributed by atoms with Crippen LogP contribution in [0.1, 0.15) is 12.0 Å². The van der Waals surface area contributed by atoms with Crippen molar-refractivity contribution in [1.29, 1.82) is 0 Å². The quantitative estimate of drug-likeness (QED) is 0.545. The zero-order chi connectivity index (χ0) is 23.6. The first kappa shape index (κ1) is 22.9. The Hall–Kier alpha value is -3.24. The van der Waals surface area contributed by atoms with Gasteiger partial charge in [-0.25, -0.2) is 16.8 Å². The second-order valence-electron chi connectivity index (χ2n) is 7.46. The van der Waals surface area contributed by atoms with Crippen molar-refractivity contribution in [1.82, 2.24) is 0 Å². The van der Waals surface area contributed by atoms with Gasteiger partial charge in [-0.15, -0.1) is 0 Å². The van der Waals surface area contributed by atoms with Crippen LogP contribution in [0.2, 0.25) is 0 Å². The molecule has 0 atom stereocenters. The number of hydrogen-bond donors (Lipinski definition) is 1. The molecule has 0 radical (unpaired) electrons. The second-order valence-corrected chi connectivity index (χ2v) is 11.0. The van der Waals surface area contributed by atoms with E-state index >= 15 is 0 Å². The highest BCUT2D eigenvalue weighted by Crippen LogP contribution is 2.35. The van der Waals surface area contributed by atoms with Crippen LogP contribution in [-0.4, -0.2) is 37.6 Å². The zero-order valence-corrected chi connectivity index (χ0v) is 19.8. The lowest BCUT2D eigenvalue weighted by molar-refractivity contribution is 0.354. The predicted octanol–water partition coefficient (Wildman–Crippen LogP) is 3.65. The average molecular weight is 489 g/mol. The number of ether oxygens (including phenoxy) is 2. The minimum atomic E-state index is -3.90. The molecule has 1 N–H and O–H groups in total. The molecule has 1 heterocycles. The van der Waals surface area contributed by atoms with Crippen LogP contribution in [0.4, 0.5) is 11.4 Å². The summed E-state index contributed by atoms with van der Waals surface area (Å²) in [6.07, 6.45) is 1.27. The summed E-state index contributed by atoms with van der Waals surface area (Å²) in [5, 5.41) is 0. The summed E-state index contributed by atoms with van der Waals surface area (Å²) < 4.78 is 66.5. The van der Waals surface area contributed by atoms with E-state index in [-0.39, 0.29) is 9.79 Å². The molecule has 3 aromatic rings. The predicted molar refractivity (Wildman–Crippen MR) is 126 cm³/mol. The first-order valence-corrected chi connectivity index (χ1v) is 13.1. The first-order chi connectivity index (χ1) is 15.8. The molecular weight excluding hydrogens is 464 g/mol. The van der Waals surface area contributed by atoms with E-state index in [0.29, 0.717) is 42.3 Å². The van der Waals surface area contributed by atoms with Crippen LogP contribution in [-0.2, 0) is 26.5 Å². The highest BCUT2D eigenvalue weighted by atomic mass is 32.2. The lowest BCUT2D eigenvalue weighted by atomic mass is 10.0. The van der Waals surface area contributed by atoms with Crippen molar-refractivity contribution in [3.63, 3.8) is 0 Å². The molecule has 0 unspecified atom stereocenters. The van der Waals surface area contributed by atoms with Gasteiger partial charge in [0.25, 0.3) is 20.0 Å². The largest absolute Gasteiger partial charge is 0.493 e. The monoisotopic (exact) mass is 488 g/mol. The number of benzene rings is 3. The van der Waals surface area contributed by atoms with E-state index in [9.17, 15) is 16.8 Å². The van der Waals surface area contributed by atoms with Crippen molar-refractivity contribution in [2.45, 2.75) is 22.6 Å². The number of nitrogens with one attached hydrogen (secondary N) is 1. The highest BCUT2D eigenvalue weighted by Gasteiger charge is 2.29. The summed E-state index contributed by atoms with van der Waals surface area (Å²) in [6.45, 7) is 0.362. The maximum absolute atomic E-state index is 13.2. The SMILES string of the molecule is COc1ccc(S(=O)(=O)Nc2ccc3c(c2)CCCN3S(=O)(=O)c2ccccc2)cc1OC. The van der Waals surface area contributed by atoms with Crippen LogP contribution in [0, 0.1) is 0 Å². The van der Waals surface area contributed by atoms with Crippen LogP contribution < -0.4 is 18.5 Å². The van der Waals surface area contributed by atoms with E-state index in [1.54, 1.807) is 48.5 Å². The van der Waals surface area contributed by atoms with Gasteiger partial charge >= 0.3 is 0 Å². The van der Waals surface area contributed by atoms with Gasteiger partial charge in [-0.2, -0.15) is 0 Å². The summed E-state index contributed by atoms with van der Waals surface area (Å²) in [7, 11) is -4.71. The number of hydrogen-bond acceptors (Lipinski definition) is 6. The Morgan fingerprint density at radius 3 is 2.24 bits per heavy atom. The van der Waals surface area contributed by atoms with Crippen LogP contribution in [0.25, 0.3) is 0 Å². The molecule has 4 rings (SSSR count). The highest BCUT2D eigenvalue weighted by molar-refractivity contribution is 7.93. The fraction of sp³-hybridized carbons (Fsp3) is 0.217. The Morgan fingerprint density at radius 1 is 0.818 bits per heavy atom. The van der Waals surface area contributed by atoms with Gasteiger partial charge in [0.2, 0.25) is 0 Å². The molecule has 3 aromatic carbocycles. The molecule has 0 amide bonds. The molecule has 0 aromatic heterocycles. The number of nitrogens with zero attached hydrogens (tertiary/aromatic N) is 1. The molecule has 1 aliphatic heterocycles. The molecule has 0 saturated carbocycles. The van der Waals surface area contributed by atoms with Crippen LogP contribution in [0.3, 0.4) is 0 Å². The fourth-order valence-electron chi connectivity index (χ4n) is 3.79. The van der Waals surface area contributed by atoms with Crippen LogP contribution in [0.5, 0.6) is 11.5 Å². The molecule has 33 heavy (non-hydrogen) atoms. The number of sulfonamides is 2. The summed E-state index contributed by atoms with van der Waals surface area (Å²) in [6, 6.07) is 17.5. The topological polar surface area (TPSA) is 102 Å². The molecule has 1 aliphatic rings. The number of rotatable bonds is 7. The Kier molecular flexibility index (Phi) is 6.22. The molecule has 0 spiro atoms. The van der Waals surface area contributed by atoms with Gasteiger partial charge in [0.05, 0.1) is 29.7 Å².